The molecule has 0 fully saturated rings. The average molecular weight is 386 g/mol. The molecule has 0 aromatic carbocycles. The van der Waals surface area contributed by atoms with E-state index in [4.69, 9.17) is 14.2 Å². The van der Waals surface area contributed by atoms with Crippen LogP contribution >= 0.6 is 0 Å². The quantitative estimate of drug-likeness (QED) is 0.341. The van der Waals surface area contributed by atoms with Gasteiger partial charge in [0.25, 0.3) is 5.72 Å². The molecule has 3 atom stereocenters. The monoisotopic (exact) mass is 385 g/mol. The van der Waals surface area contributed by atoms with Crippen molar-refractivity contribution in [3.05, 3.63) is 0 Å². The predicted molar refractivity (Wildman–Crippen MR) is 106 cm³/mol. The lowest BCUT2D eigenvalue weighted by molar-refractivity contribution is -0.239. The summed E-state index contributed by atoms with van der Waals surface area (Å²) in [6, 6.07) is 0. The van der Waals surface area contributed by atoms with Gasteiger partial charge in [-0.3, -0.25) is 0 Å². The summed E-state index contributed by atoms with van der Waals surface area (Å²) in [5.41, 5.74) is -4.05. The summed E-state index contributed by atoms with van der Waals surface area (Å²) in [4.78, 5) is 28.5. The minimum atomic E-state index is -1.93. The molecule has 0 radical (unpaired) electrons. The third kappa shape index (κ3) is 9.50. The van der Waals surface area contributed by atoms with Gasteiger partial charge < -0.3 is 14.2 Å². The van der Waals surface area contributed by atoms with Crippen molar-refractivity contribution in [3.63, 3.8) is 0 Å². The van der Waals surface area contributed by atoms with Gasteiger partial charge >= 0.3 is 5.97 Å². The van der Waals surface area contributed by atoms with Crippen LogP contribution in [0, 0.1) is 5.92 Å². The van der Waals surface area contributed by atoms with Crippen LogP contribution in [-0.4, -0.2) is 40.7 Å². The van der Waals surface area contributed by atoms with Crippen LogP contribution in [0.25, 0.3) is 0 Å². The summed E-state index contributed by atoms with van der Waals surface area (Å²) in [6.07, 6.45) is 2.09. The first kappa shape index (κ1) is 25.8. The topological polar surface area (TPSA) is 74.2 Å². The van der Waals surface area contributed by atoms with Gasteiger partial charge in [-0.2, -0.15) is 4.99 Å². The molecule has 3 unspecified atom stereocenters. The lowest BCUT2D eigenvalue weighted by atomic mass is 9.92. The minimum Gasteiger partial charge on any atom is -0.456 e. The molecule has 6 nitrogen and oxygen atoms in total. The number of isocyanates is 1. The molecule has 0 heterocycles. The van der Waals surface area contributed by atoms with Crippen LogP contribution in [0.2, 0.25) is 0 Å². The van der Waals surface area contributed by atoms with Crippen molar-refractivity contribution in [2.75, 3.05) is 0 Å². The van der Waals surface area contributed by atoms with Gasteiger partial charge in [-0.25, -0.2) is 9.59 Å². The highest BCUT2D eigenvalue weighted by Crippen LogP contribution is 2.36. The van der Waals surface area contributed by atoms with Crippen molar-refractivity contribution in [1.82, 2.24) is 0 Å². The molecule has 0 amide bonds. The van der Waals surface area contributed by atoms with Crippen molar-refractivity contribution in [1.29, 1.82) is 0 Å². The van der Waals surface area contributed by atoms with Gasteiger partial charge in [-0.15, -0.1) is 0 Å². The summed E-state index contributed by atoms with van der Waals surface area (Å²) in [5, 5.41) is 0. The van der Waals surface area contributed by atoms with Crippen molar-refractivity contribution in [2.45, 2.75) is 118 Å². The van der Waals surface area contributed by atoms with E-state index in [1.165, 1.54) is 6.08 Å². The first-order valence-corrected chi connectivity index (χ1v) is 9.66. The predicted octanol–water partition coefficient (Wildman–Crippen LogP) is 4.80. The Labute approximate surface area is 165 Å². The molecule has 0 saturated carbocycles. The SMILES string of the molecule is CCC(C)CC(OC(C)(C)C)C(N=C=O)(OC(C)(C)C)C(=O)OC(C)(C)C. The zero-order valence-corrected chi connectivity index (χ0v) is 19.1. The Morgan fingerprint density at radius 2 is 1.48 bits per heavy atom. The van der Waals surface area contributed by atoms with E-state index in [9.17, 15) is 9.59 Å². The van der Waals surface area contributed by atoms with Crippen LogP contribution in [0.1, 0.15) is 89.0 Å². The molecule has 0 rings (SSSR count). The number of carbonyl (C=O) groups excluding carboxylic acids is 2. The van der Waals surface area contributed by atoms with Gasteiger partial charge in [0.05, 0.1) is 11.2 Å². The number of rotatable bonds is 8. The largest absolute Gasteiger partial charge is 0.456 e. The van der Waals surface area contributed by atoms with E-state index < -0.39 is 34.6 Å². The molecular formula is C21H39NO5. The van der Waals surface area contributed by atoms with E-state index in [1.807, 2.05) is 20.8 Å². The van der Waals surface area contributed by atoms with Crippen molar-refractivity contribution >= 4 is 12.0 Å². The number of nitrogens with zero attached hydrogens (tertiary/aromatic N) is 1. The highest BCUT2D eigenvalue weighted by Gasteiger charge is 2.54. The van der Waals surface area contributed by atoms with Gasteiger partial charge in [-0.05, 0) is 74.7 Å². The molecule has 6 heteroatoms. The smallest absolute Gasteiger partial charge is 0.366 e. The highest BCUT2D eigenvalue weighted by atomic mass is 16.6. The normalized spacial score (nSPS) is 17.4. The number of hydrogen-bond donors (Lipinski definition) is 0. The zero-order chi connectivity index (χ0) is 21.7. The number of hydrogen-bond acceptors (Lipinski definition) is 6. The van der Waals surface area contributed by atoms with Gasteiger partial charge in [0, 0.05) is 0 Å². The van der Waals surface area contributed by atoms with Crippen LogP contribution in [-0.2, 0) is 23.8 Å². The van der Waals surface area contributed by atoms with E-state index >= 15 is 0 Å². The van der Waals surface area contributed by atoms with E-state index in [0.717, 1.165) is 6.42 Å². The molecule has 0 N–H and O–H groups in total. The average Bonchev–Trinajstić information content (AvgIpc) is 2.40. The molecule has 158 valence electrons. The molecule has 0 bridgehead atoms. The summed E-state index contributed by atoms with van der Waals surface area (Å²) < 4.78 is 17.9. The zero-order valence-electron chi connectivity index (χ0n) is 19.1. The number of aliphatic imine (C=N–C) groups is 1. The van der Waals surface area contributed by atoms with Crippen LogP contribution < -0.4 is 0 Å². The third-order valence-corrected chi connectivity index (χ3v) is 3.61. The van der Waals surface area contributed by atoms with E-state index in [1.54, 1.807) is 41.5 Å². The Morgan fingerprint density at radius 1 is 0.963 bits per heavy atom. The number of esters is 1. The Kier molecular flexibility index (Phi) is 8.89. The molecule has 0 saturated heterocycles. The number of ether oxygens (including phenoxy) is 3. The summed E-state index contributed by atoms with van der Waals surface area (Å²) in [7, 11) is 0. The fourth-order valence-electron chi connectivity index (χ4n) is 2.51. The second-order valence-corrected chi connectivity index (χ2v) is 10.1. The highest BCUT2D eigenvalue weighted by molar-refractivity contribution is 5.81. The second-order valence-electron chi connectivity index (χ2n) is 10.1. The standard InChI is InChI=1S/C21H39NO5/c1-12-15(2)13-16(25-18(3,4)5)21(22-14-23,27-20(9,10)11)17(24)26-19(6,7)8/h15-16H,12-13H2,1-11H3. The van der Waals surface area contributed by atoms with Crippen molar-refractivity contribution in [3.8, 4) is 0 Å². The van der Waals surface area contributed by atoms with Gasteiger partial charge in [0.15, 0.2) is 0 Å². The Bertz CT molecular complexity index is 532. The Morgan fingerprint density at radius 3 is 1.81 bits per heavy atom. The second kappa shape index (κ2) is 9.31. The summed E-state index contributed by atoms with van der Waals surface area (Å²) in [6.45, 7) is 20.4. The lowest BCUT2D eigenvalue weighted by Gasteiger charge is -2.42. The first-order chi connectivity index (χ1) is 12.0. The third-order valence-electron chi connectivity index (χ3n) is 3.61. The molecule has 0 aliphatic rings. The summed E-state index contributed by atoms with van der Waals surface area (Å²) >= 11 is 0. The Balaban J connectivity index is 6.46. The molecule has 27 heavy (non-hydrogen) atoms. The van der Waals surface area contributed by atoms with Crippen molar-refractivity contribution < 1.29 is 23.8 Å². The number of carbonyl (C=O) groups is 1. The molecule has 0 aromatic heterocycles. The van der Waals surface area contributed by atoms with Crippen LogP contribution in [0.3, 0.4) is 0 Å². The van der Waals surface area contributed by atoms with E-state index in [0.29, 0.717) is 6.42 Å². The molecular weight excluding hydrogens is 346 g/mol. The maximum absolute atomic E-state index is 13.2. The van der Waals surface area contributed by atoms with Crippen LogP contribution in [0.5, 0.6) is 0 Å². The van der Waals surface area contributed by atoms with Gasteiger partial charge in [-0.1, -0.05) is 20.3 Å². The van der Waals surface area contributed by atoms with Crippen molar-refractivity contribution in [2.24, 2.45) is 10.9 Å². The maximum atomic E-state index is 13.2. The van der Waals surface area contributed by atoms with Crippen LogP contribution in [0.4, 0.5) is 0 Å². The minimum absolute atomic E-state index is 0.226. The van der Waals surface area contributed by atoms with Gasteiger partial charge in [0.1, 0.15) is 11.7 Å². The van der Waals surface area contributed by atoms with Crippen LogP contribution in [0.15, 0.2) is 4.99 Å². The fourth-order valence-corrected chi connectivity index (χ4v) is 2.51. The Hall–Kier alpha value is -1.23. The first-order valence-electron chi connectivity index (χ1n) is 9.66. The molecule has 0 aliphatic carbocycles. The molecule has 0 aromatic rings. The molecule has 0 aliphatic heterocycles. The fraction of sp³-hybridized carbons (Fsp3) is 0.905. The summed E-state index contributed by atoms with van der Waals surface area (Å²) in [5.74, 6) is -0.518. The molecule has 0 spiro atoms. The van der Waals surface area contributed by atoms with E-state index in [-0.39, 0.29) is 5.92 Å². The van der Waals surface area contributed by atoms with Gasteiger partial charge in [0.2, 0.25) is 6.08 Å². The maximum Gasteiger partial charge on any atom is 0.366 e. The van der Waals surface area contributed by atoms with E-state index in [2.05, 4.69) is 18.8 Å². The lowest BCUT2D eigenvalue weighted by Crippen LogP contribution is -2.58.